The van der Waals surface area contributed by atoms with E-state index in [1.165, 1.54) is 36.6 Å². The van der Waals surface area contributed by atoms with E-state index in [0.717, 1.165) is 21.3 Å². The molecule has 192 valence electrons. The number of nitrogens with one attached hydrogen (secondary N) is 1. The highest BCUT2D eigenvalue weighted by atomic mass is 32.2. The molecule has 0 aliphatic carbocycles. The van der Waals surface area contributed by atoms with E-state index in [4.69, 9.17) is 4.74 Å². The molecule has 1 heterocycles. The van der Waals surface area contributed by atoms with Crippen LogP contribution in [0.2, 0.25) is 0 Å². The lowest BCUT2D eigenvalue weighted by atomic mass is 10.0. The third kappa shape index (κ3) is 5.98. The van der Waals surface area contributed by atoms with Gasteiger partial charge in [0.1, 0.15) is 6.54 Å². The van der Waals surface area contributed by atoms with Gasteiger partial charge >= 0.3 is 5.97 Å². The summed E-state index contributed by atoms with van der Waals surface area (Å²) in [5, 5.41) is 0. The first-order valence-electron chi connectivity index (χ1n) is 11.6. The molecular weight excluding hydrogens is 510 g/mol. The van der Waals surface area contributed by atoms with Gasteiger partial charge in [0.15, 0.2) is 4.80 Å². The molecule has 0 radical (unpaired) electrons. The van der Waals surface area contributed by atoms with E-state index >= 15 is 0 Å². The number of carbonyl (C=O) groups is 2. The highest BCUT2D eigenvalue weighted by Crippen LogP contribution is 2.24. The molecule has 0 saturated carbocycles. The standard InChI is InChI=1S/C27H27N3O5S2/c1-17(2)19-10-13-23-24(15-19)36-27(30(23)16-25(31)35-4)28-26(32)20-6-5-7-21(14-20)29-37(33,34)22-11-8-18(3)9-12-22/h5-15,17,29H,16H2,1-4H3. The third-order valence-electron chi connectivity index (χ3n) is 5.78. The van der Waals surface area contributed by atoms with Crippen LogP contribution in [0.4, 0.5) is 5.69 Å². The van der Waals surface area contributed by atoms with Gasteiger partial charge in [-0.1, -0.05) is 55.0 Å². The Labute approximate surface area is 219 Å². The number of methoxy groups -OCH3 is 1. The first kappa shape index (κ1) is 26.3. The number of carbonyl (C=O) groups excluding carboxylic acids is 2. The molecule has 8 nitrogen and oxygen atoms in total. The zero-order valence-electron chi connectivity index (χ0n) is 20.9. The van der Waals surface area contributed by atoms with Crippen molar-refractivity contribution in [3.63, 3.8) is 0 Å². The number of hydrogen-bond acceptors (Lipinski definition) is 6. The molecule has 0 saturated heterocycles. The Hall–Kier alpha value is -3.76. The van der Waals surface area contributed by atoms with Crippen molar-refractivity contribution in [3.05, 3.63) is 88.2 Å². The van der Waals surface area contributed by atoms with Crippen LogP contribution in [-0.2, 0) is 26.1 Å². The first-order valence-corrected chi connectivity index (χ1v) is 13.9. The number of hydrogen-bond donors (Lipinski definition) is 1. The second-order valence-corrected chi connectivity index (χ2v) is 11.5. The summed E-state index contributed by atoms with van der Waals surface area (Å²) in [6, 6.07) is 18.5. The molecule has 0 fully saturated rings. The van der Waals surface area contributed by atoms with Gasteiger partial charge in [-0.2, -0.15) is 4.99 Å². The molecule has 4 aromatic rings. The number of aryl methyl sites for hydroxylation is 1. The van der Waals surface area contributed by atoms with Crippen molar-refractivity contribution in [2.75, 3.05) is 11.8 Å². The van der Waals surface area contributed by atoms with Crippen molar-refractivity contribution < 1.29 is 22.7 Å². The van der Waals surface area contributed by atoms with Crippen molar-refractivity contribution >= 4 is 49.1 Å². The molecule has 0 unspecified atom stereocenters. The van der Waals surface area contributed by atoms with E-state index in [-0.39, 0.29) is 22.7 Å². The zero-order valence-corrected chi connectivity index (χ0v) is 22.5. The summed E-state index contributed by atoms with van der Waals surface area (Å²) in [5.41, 5.74) is 3.28. The minimum Gasteiger partial charge on any atom is -0.468 e. The fraction of sp³-hybridized carbons (Fsp3) is 0.222. The van der Waals surface area contributed by atoms with Crippen molar-refractivity contribution in [1.82, 2.24) is 4.57 Å². The lowest BCUT2D eigenvalue weighted by molar-refractivity contribution is -0.141. The Bertz CT molecular complexity index is 1650. The van der Waals surface area contributed by atoms with Crippen LogP contribution in [0.1, 0.15) is 41.3 Å². The summed E-state index contributed by atoms with van der Waals surface area (Å²) in [6.45, 7) is 5.95. The van der Waals surface area contributed by atoms with Crippen molar-refractivity contribution in [2.45, 2.75) is 38.1 Å². The van der Waals surface area contributed by atoms with Gasteiger partial charge in [0.25, 0.3) is 15.9 Å². The number of sulfonamides is 1. The predicted molar refractivity (Wildman–Crippen MR) is 144 cm³/mol. The van der Waals surface area contributed by atoms with Crippen molar-refractivity contribution in [1.29, 1.82) is 0 Å². The summed E-state index contributed by atoms with van der Waals surface area (Å²) >= 11 is 1.30. The van der Waals surface area contributed by atoms with E-state index < -0.39 is 21.9 Å². The molecule has 3 aromatic carbocycles. The van der Waals surface area contributed by atoms with Gasteiger partial charge in [-0.3, -0.25) is 14.3 Å². The predicted octanol–water partition coefficient (Wildman–Crippen LogP) is 4.85. The number of nitrogens with zero attached hydrogens (tertiary/aromatic N) is 2. The van der Waals surface area contributed by atoms with Crippen LogP contribution in [0.5, 0.6) is 0 Å². The molecule has 1 aromatic heterocycles. The van der Waals surface area contributed by atoms with E-state index in [2.05, 4.69) is 23.6 Å². The van der Waals surface area contributed by atoms with E-state index in [0.29, 0.717) is 10.7 Å². The molecule has 0 aliphatic rings. The smallest absolute Gasteiger partial charge is 0.325 e. The van der Waals surface area contributed by atoms with Crippen molar-refractivity contribution in [3.8, 4) is 0 Å². The average Bonchev–Trinajstić information content (AvgIpc) is 3.19. The number of rotatable bonds is 7. The molecule has 1 N–H and O–H groups in total. The maximum Gasteiger partial charge on any atom is 0.325 e. The molecule has 0 atom stereocenters. The minimum atomic E-state index is -3.83. The van der Waals surface area contributed by atoms with E-state index in [1.54, 1.807) is 34.9 Å². The van der Waals surface area contributed by atoms with Gasteiger partial charge in [0.2, 0.25) is 0 Å². The Kier molecular flexibility index (Phi) is 7.60. The van der Waals surface area contributed by atoms with Crippen LogP contribution >= 0.6 is 11.3 Å². The second-order valence-electron chi connectivity index (χ2n) is 8.85. The quantitative estimate of drug-likeness (QED) is 0.339. The van der Waals surface area contributed by atoms with Gasteiger partial charge in [0.05, 0.1) is 22.2 Å². The van der Waals surface area contributed by atoms with Gasteiger partial charge < -0.3 is 9.30 Å². The largest absolute Gasteiger partial charge is 0.468 e. The molecule has 0 bridgehead atoms. The SMILES string of the molecule is COC(=O)Cn1c(=NC(=O)c2cccc(NS(=O)(=O)c3ccc(C)cc3)c2)sc2cc(C(C)C)ccc21. The maximum absolute atomic E-state index is 13.1. The monoisotopic (exact) mass is 537 g/mol. The normalized spacial score (nSPS) is 12.2. The summed E-state index contributed by atoms with van der Waals surface area (Å²) in [6.07, 6.45) is 0. The van der Waals surface area contributed by atoms with Gasteiger partial charge in [-0.15, -0.1) is 0 Å². The zero-order chi connectivity index (χ0) is 26.7. The third-order valence-corrected chi connectivity index (χ3v) is 8.22. The van der Waals surface area contributed by atoms with E-state index in [9.17, 15) is 18.0 Å². The summed E-state index contributed by atoms with van der Waals surface area (Å²) in [7, 11) is -2.52. The summed E-state index contributed by atoms with van der Waals surface area (Å²) in [5.74, 6) is -0.714. The number of aromatic nitrogens is 1. The number of esters is 1. The molecule has 10 heteroatoms. The Morgan fingerprint density at radius 1 is 1.05 bits per heavy atom. The number of thiazole rings is 1. The van der Waals surface area contributed by atoms with Crippen LogP contribution < -0.4 is 9.52 Å². The molecule has 4 rings (SSSR count). The molecule has 0 spiro atoms. The Morgan fingerprint density at radius 2 is 1.78 bits per heavy atom. The highest BCUT2D eigenvalue weighted by Gasteiger charge is 2.16. The fourth-order valence-corrected chi connectivity index (χ4v) is 5.80. The number of fused-ring (bicyclic) bond motifs is 1. The second kappa shape index (κ2) is 10.7. The topological polar surface area (TPSA) is 107 Å². The lowest BCUT2D eigenvalue weighted by Crippen LogP contribution is -2.22. The lowest BCUT2D eigenvalue weighted by Gasteiger charge is -2.09. The summed E-state index contributed by atoms with van der Waals surface area (Å²) in [4.78, 5) is 30.0. The van der Waals surface area contributed by atoms with Gasteiger partial charge in [-0.25, -0.2) is 8.42 Å². The Morgan fingerprint density at radius 3 is 2.46 bits per heavy atom. The Balaban J connectivity index is 1.70. The summed E-state index contributed by atoms with van der Waals surface area (Å²) < 4.78 is 35.4. The minimum absolute atomic E-state index is 0.0972. The average molecular weight is 538 g/mol. The maximum atomic E-state index is 13.1. The van der Waals surface area contributed by atoms with Crippen LogP contribution in [0.25, 0.3) is 10.2 Å². The van der Waals surface area contributed by atoms with E-state index in [1.807, 2.05) is 25.1 Å². The van der Waals surface area contributed by atoms with Gasteiger partial charge in [0, 0.05) is 11.3 Å². The van der Waals surface area contributed by atoms with Crippen LogP contribution in [0.3, 0.4) is 0 Å². The number of ether oxygens (including phenoxy) is 1. The molecule has 1 amide bonds. The van der Waals surface area contributed by atoms with Gasteiger partial charge in [-0.05, 0) is 60.9 Å². The molecule has 37 heavy (non-hydrogen) atoms. The van der Waals surface area contributed by atoms with Crippen molar-refractivity contribution in [2.24, 2.45) is 4.99 Å². The molecular formula is C27H27N3O5S2. The highest BCUT2D eigenvalue weighted by molar-refractivity contribution is 7.92. The molecule has 0 aliphatic heterocycles. The van der Waals surface area contributed by atoms with Crippen LogP contribution in [-0.4, -0.2) is 32.0 Å². The number of anilines is 1. The van der Waals surface area contributed by atoms with Crippen LogP contribution in [0, 0.1) is 6.92 Å². The van der Waals surface area contributed by atoms with Crippen LogP contribution in [0.15, 0.2) is 76.6 Å². The number of amides is 1. The first-order chi connectivity index (χ1) is 17.6. The fourth-order valence-electron chi connectivity index (χ4n) is 3.68. The number of benzene rings is 3.